The lowest BCUT2D eigenvalue weighted by Gasteiger charge is -2.07. The zero-order chi connectivity index (χ0) is 20.1. The summed E-state index contributed by atoms with van der Waals surface area (Å²) in [5, 5.41) is 12.5. The van der Waals surface area contributed by atoms with Crippen LogP contribution in [0.2, 0.25) is 5.02 Å². The van der Waals surface area contributed by atoms with Gasteiger partial charge in [-0.3, -0.25) is 10.1 Å². The Morgan fingerprint density at radius 3 is 2.54 bits per heavy atom. The van der Waals surface area contributed by atoms with Crippen molar-refractivity contribution in [3.8, 4) is 28.9 Å². The van der Waals surface area contributed by atoms with Gasteiger partial charge in [-0.05, 0) is 55.0 Å². The summed E-state index contributed by atoms with van der Waals surface area (Å²) in [6.45, 7) is 1.61. The van der Waals surface area contributed by atoms with Crippen LogP contribution in [0.5, 0.6) is 11.5 Å². The first kappa shape index (κ1) is 19.3. The Morgan fingerprint density at radius 2 is 1.89 bits per heavy atom. The standard InChI is InChI=1S/C21H17ClN2O4/c1-13-9-17(7-8-18(13)22)27-12-20(25)24-21-15(11-23)10-19(28-21)14-3-5-16(26-2)6-4-14/h3-10H,12H2,1-2H3,(H,24,25). The molecule has 1 aromatic heterocycles. The zero-order valence-electron chi connectivity index (χ0n) is 15.3. The molecule has 0 bridgehead atoms. The lowest BCUT2D eigenvalue weighted by Crippen LogP contribution is -2.20. The Balaban J connectivity index is 1.69. The number of carbonyl (C=O) groups excluding carboxylic acids is 1. The highest BCUT2D eigenvalue weighted by Gasteiger charge is 2.15. The number of methoxy groups -OCH3 is 1. The van der Waals surface area contributed by atoms with E-state index in [2.05, 4.69) is 5.32 Å². The van der Waals surface area contributed by atoms with E-state index in [1.54, 1.807) is 55.6 Å². The number of anilines is 1. The molecule has 1 amide bonds. The molecule has 0 saturated carbocycles. The molecule has 0 aliphatic rings. The number of furan rings is 1. The highest BCUT2D eigenvalue weighted by Crippen LogP contribution is 2.30. The van der Waals surface area contributed by atoms with Crippen LogP contribution in [0.4, 0.5) is 5.88 Å². The fourth-order valence-electron chi connectivity index (χ4n) is 2.48. The van der Waals surface area contributed by atoms with Crippen molar-refractivity contribution in [1.29, 1.82) is 5.26 Å². The van der Waals surface area contributed by atoms with Crippen LogP contribution in [-0.2, 0) is 4.79 Å². The number of nitrogens with zero attached hydrogens (tertiary/aromatic N) is 1. The second-order valence-corrected chi connectivity index (χ2v) is 6.35. The molecule has 142 valence electrons. The van der Waals surface area contributed by atoms with E-state index in [9.17, 15) is 10.1 Å². The number of rotatable bonds is 6. The van der Waals surface area contributed by atoms with E-state index in [4.69, 9.17) is 25.5 Å². The molecule has 3 rings (SSSR count). The Kier molecular flexibility index (Phi) is 5.87. The Morgan fingerprint density at radius 1 is 1.18 bits per heavy atom. The number of aryl methyl sites for hydroxylation is 1. The van der Waals surface area contributed by atoms with Crippen molar-refractivity contribution in [2.24, 2.45) is 0 Å². The van der Waals surface area contributed by atoms with Gasteiger partial charge in [-0.2, -0.15) is 5.26 Å². The first-order chi connectivity index (χ1) is 13.5. The van der Waals surface area contributed by atoms with Gasteiger partial charge in [0.25, 0.3) is 5.91 Å². The van der Waals surface area contributed by atoms with Gasteiger partial charge in [0.1, 0.15) is 28.9 Å². The maximum atomic E-state index is 12.2. The lowest BCUT2D eigenvalue weighted by molar-refractivity contribution is -0.118. The minimum atomic E-state index is -0.445. The van der Waals surface area contributed by atoms with E-state index in [1.165, 1.54) is 0 Å². The minimum Gasteiger partial charge on any atom is -0.497 e. The van der Waals surface area contributed by atoms with E-state index in [-0.39, 0.29) is 18.1 Å². The number of ether oxygens (including phenoxy) is 2. The molecular formula is C21H17ClN2O4. The SMILES string of the molecule is COc1ccc(-c2cc(C#N)c(NC(=O)COc3ccc(Cl)c(C)c3)o2)cc1. The summed E-state index contributed by atoms with van der Waals surface area (Å²) in [5.74, 6) is 1.33. The monoisotopic (exact) mass is 396 g/mol. The second kappa shape index (κ2) is 8.51. The summed E-state index contributed by atoms with van der Waals surface area (Å²) < 4.78 is 16.2. The topological polar surface area (TPSA) is 84.5 Å². The van der Waals surface area contributed by atoms with Gasteiger partial charge in [0.2, 0.25) is 5.88 Å². The first-order valence-corrected chi connectivity index (χ1v) is 8.75. The van der Waals surface area contributed by atoms with Crippen molar-refractivity contribution in [3.05, 3.63) is 64.7 Å². The number of hydrogen-bond donors (Lipinski definition) is 1. The second-order valence-electron chi connectivity index (χ2n) is 5.94. The van der Waals surface area contributed by atoms with Crippen molar-refractivity contribution < 1.29 is 18.7 Å². The molecule has 0 fully saturated rings. The maximum Gasteiger partial charge on any atom is 0.264 e. The van der Waals surface area contributed by atoms with Crippen LogP contribution in [0.25, 0.3) is 11.3 Å². The van der Waals surface area contributed by atoms with Crippen LogP contribution in [0.3, 0.4) is 0 Å². The number of nitriles is 1. The molecule has 2 aromatic carbocycles. The average molecular weight is 397 g/mol. The van der Waals surface area contributed by atoms with E-state index in [1.807, 2.05) is 13.0 Å². The van der Waals surface area contributed by atoms with Crippen LogP contribution in [0.15, 0.2) is 52.9 Å². The molecule has 0 atom stereocenters. The van der Waals surface area contributed by atoms with E-state index < -0.39 is 5.91 Å². The average Bonchev–Trinajstić information content (AvgIpc) is 3.11. The van der Waals surface area contributed by atoms with Gasteiger partial charge >= 0.3 is 0 Å². The summed E-state index contributed by atoms with van der Waals surface area (Å²) in [6.07, 6.45) is 0. The van der Waals surface area contributed by atoms with Crippen LogP contribution in [0.1, 0.15) is 11.1 Å². The maximum absolute atomic E-state index is 12.2. The van der Waals surface area contributed by atoms with Gasteiger partial charge < -0.3 is 13.9 Å². The number of halogens is 1. The molecule has 7 heteroatoms. The number of amides is 1. The van der Waals surface area contributed by atoms with Crippen molar-refractivity contribution in [2.75, 3.05) is 19.0 Å². The number of nitrogens with one attached hydrogen (secondary N) is 1. The predicted molar refractivity (Wildman–Crippen MR) is 106 cm³/mol. The quantitative estimate of drug-likeness (QED) is 0.646. The Hall–Kier alpha value is -3.43. The summed E-state index contributed by atoms with van der Waals surface area (Å²) in [4.78, 5) is 12.2. The zero-order valence-corrected chi connectivity index (χ0v) is 16.0. The van der Waals surface area contributed by atoms with Gasteiger partial charge in [0.05, 0.1) is 7.11 Å². The van der Waals surface area contributed by atoms with Crippen molar-refractivity contribution in [2.45, 2.75) is 6.92 Å². The van der Waals surface area contributed by atoms with Gasteiger partial charge in [-0.15, -0.1) is 0 Å². The third-order valence-electron chi connectivity index (χ3n) is 3.98. The van der Waals surface area contributed by atoms with Crippen molar-refractivity contribution >= 4 is 23.4 Å². The van der Waals surface area contributed by atoms with Gasteiger partial charge in [0, 0.05) is 16.7 Å². The molecule has 1 heterocycles. The number of benzene rings is 2. The molecule has 0 saturated heterocycles. The van der Waals surface area contributed by atoms with E-state index in [0.29, 0.717) is 22.3 Å². The molecule has 0 spiro atoms. The van der Waals surface area contributed by atoms with Gasteiger partial charge in [0.15, 0.2) is 6.61 Å². The van der Waals surface area contributed by atoms with Crippen LogP contribution in [0, 0.1) is 18.3 Å². The predicted octanol–water partition coefficient (Wildman–Crippen LogP) is 4.81. The smallest absolute Gasteiger partial charge is 0.264 e. The number of carbonyl (C=O) groups is 1. The molecule has 0 aliphatic heterocycles. The molecule has 0 unspecified atom stereocenters. The van der Waals surface area contributed by atoms with Crippen LogP contribution < -0.4 is 14.8 Å². The largest absolute Gasteiger partial charge is 0.497 e. The minimum absolute atomic E-state index is 0.0780. The van der Waals surface area contributed by atoms with Crippen LogP contribution in [-0.4, -0.2) is 19.6 Å². The normalized spacial score (nSPS) is 10.2. The molecule has 3 aromatic rings. The molecule has 0 aliphatic carbocycles. The summed E-state index contributed by atoms with van der Waals surface area (Å²) in [6, 6.07) is 15.9. The fraction of sp³-hybridized carbons (Fsp3) is 0.143. The first-order valence-electron chi connectivity index (χ1n) is 8.37. The summed E-state index contributed by atoms with van der Waals surface area (Å²) >= 11 is 5.97. The molecule has 6 nitrogen and oxygen atoms in total. The third kappa shape index (κ3) is 4.45. The summed E-state index contributed by atoms with van der Waals surface area (Å²) in [5.41, 5.74) is 1.83. The van der Waals surface area contributed by atoms with E-state index in [0.717, 1.165) is 11.1 Å². The molecular weight excluding hydrogens is 380 g/mol. The van der Waals surface area contributed by atoms with Crippen molar-refractivity contribution in [1.82, 2.24) is 0 Å². The molecule has 0 radical (unpaired) electrons. The molecule has 28 heavy (non-hydrogen) atoms. The van der Waals surface area contributed by atoms with Gasteiger partial charge in [-0.1, -0.05) is 11.6 Å². The van der Waals surface area contributed by atoms with Crippen LogP contribution >= 0.6 is 11.6 Å². The fourth-order valence-corrected chi connectivity index (χ4v) is 2.60. The highest BCUT2D eigenvalue weighted by atomic mass is 35.5. The highest BCUT2D eigenvalue weighted by molar-refractivity contribution is 6.31. The van der Waals surface area contributed by atoms with E-state index >= 15 is 0 Å². The molecule has 1 N–H and O–H groups in total. The Bertz CT molecular complexity index is 1040. The third-order valence-corrected chi connectivity index (χ3v) is 4.40. The number of hydrogen-bond acceptors (Lipinski definition) is 5. The Labute approximate surface area is 167 Å². The lowest BCUT2D eigenvalue weighted by atomic mass is 10.1. The van der Waals surface area contributed by atoms with Crippen molar-refractivity contribution in [3.63, 3.8) is 0 Å². The van der Waals surface area contributed by atoms with Gasteiger partial charge in [-0.25, -0.2) is 0 Å². The summed E-state index contributed by atoms with van der Waals surface area (Å²) in [7, 11) is 1.58.